The second-order valence-electron chi connectivity index (χ2n) is 10.1. The Balaban J connectivity index is 1.66. The van der Waals surface area contributed by atoms with E-state index in [9.17, 15) is 9.59 Å². The van der Waals surface area contributed by atoms with Gasteiger partial charge in [-0.1, -0.05) is 81.3 Å². The van der Waals surface area contributed by atoms with Crippen LogP contribution in [0.5, 0.6) is 0 Å². The quantitative estimate of drug-likeness (QED) is 0.123. The summed E-state index contributed by atoms with van der Waals surface area (Å²) in [6.45, 7) is 4.26. The van der Waals surface area contributed by atoms with E-state index in [1.807, 2.05) is 37.3 Å². The standard InChI is InChI=1S/C34H41FO4/c1-5-7-8-9-24-10-12-25(13-11-24)14-15-27-17-20-30(32(35)23-27)29-19-16-26(22-28(29)6-2)18-21-31(33(36)38-3)34(37)39-4/h10-13,16-17,19-20,22-23,31H,5-9,14-15,18,21H2,1-4H3. The molecule has 0 aromatic heterocycles. The highest BCUT2D eigenvalue weighted by Crippen LogP contribution is 2.29. The smallest absolute Gasteiger partial charge is 0.320 e. The van der Waals surface area contributed by atoms with E-state index in [2.05, 4.69) is 31.2 Å². The van der Waals surface area contributed by atoms with E-state index in [-0.39, 0.29) is 12.2 Å². The molecule has 5 heteroatoms. The lowest BCUT2D eigenvalue weighted by atomic mass is 9.92. The fourth-order valence-electron chi connectivity index (χ4n) is 4.96. The van der Waals surface area contributed by atoms with Crippen molar-refractivity contribution < 1.29 is 23.5 Å². The molecule has 0 saturated heterocycles. The van der Waals surface area contributed by atoms with Crippen LogP contribution in [0.1, 0.15) is 67.3 Å². The van der Waals surface area contributed by atoms with Crippen LogP contribution in [-0.4, -0.2) is 26.2 Å². The van der Waals surface area contributed by atoms with Crippen LogP contribution in [0.2, 0.25) is 0 Å². The number of esters is 2. The number of aryl methyl sites for hydroxylation is 5. The molecule has 3 aromatic carbocycles. The van der Waals surface area contributed by atoms with Crippen LogP contribution in [0.15, 0.2) is 60.7 Å². The van der Waals surface area contributed by atoms with Crippen LogP contribution < -0.4 is 0 Å². The molecule has 0 radical (unpaired) electrons. The van der Waals surface area contributed by atoms with Crippen LogP contribution in [0.25, 0.3) is 11.1 Å². The van der Waals surface area contributed by atoms with Gasteiger partial charge in [-0.15, -0.1) is 0 Å². The Kier molecular flexibility index (Phi) is 11.7. The Bertz CT molecular complexity index is 1220. The predicted octanol–water partition coefficient (Wildman–Crippen LogP) is 7.47. The molecule has 0 amide bonds. The van der Waals surface area contributed by atoms with Gasteiger partial charge in [0.2, 0.25) is 0 Å². The van der Waals surface area contributed by atoms with Crippen molar-refractivity contribution in [1.82, 2.24) is 0 Å². The molecule has 0 atom stereocenters. The molecule has 0 spiro atoms. The average Bonchev–Trinajstić information content (AvgIpc) is 2.96. The van der Waals surface area contributed by atoms with Crippen LogP contribution in [0.4, 0.5) is 4.39 Å². The molecule has 39 heavy (non-hydrogen) atoms. The minimum atomic E-state index is -0.960. The van der Waals surface area contributed by atoms with E-state index in [1.165, 1.54) is 44.6 Å². The number of rotatable bonds is 14. The van der Waals surface area contributed by atoms with Gasteiger partial charge in [0.25, 0.3) is 0 Å². The monoisotopic (exact) mass is 532 g/mol. The lowest BCUT2D eigenvalue weighted by Gasteiger charge is -2.15. The first-order valence-electron chi connectivity index (χ1n) is 14.0. The first-order chi connectivity index (χ1) is 18.9. The minimum Gasteiger partial charge on any atom is -0.468 e. The van der Waals surface area contributed by atoms with Crippen molar-refractivity contribution >= 4 is 11.9 Å². The van der Waals surface area contributed by atoms with Crippen LogP contribution >= 0.6 is 0 Å². The SMILES string of the molecule is CCCCCc1ccc(CCc2ccc(-c3ccc(CCC(C(=O)OC)C(=O)OC)cc3CC)c(F)c2)cc1. The number of ether oxygens (including phenoxy) is 2. The van der Waals surface area contributed by atoms with Gasteiger partial charge in [0, 0.05) is 5.56 Å². The van der Waals surface area contributed by atoms with Crippen molar-refractivity contribution in [3.63, 3.8) is 0 Å². The minimum absolute atomic E-state index is 0.224. The molecule has 208 valence electrons. The lowest BCUT2D eigenvalue weighted by molar-refractivity contribution is -0.159. The van der Waals surface area contributed by atoms with Gasteiger partial charge in [-0.25, -0.2) is 4.39 Å². The van der Waals surface area contributed by atoms with Gasteiger partial charge in [-0.3, -0.25) is 9.59 Å². The normalized spacial score (nSPS) is 11.0. The molecular formula is C34H41FO4. The summed E-state index contributed by atoms with van der Waals surface area (Å²) in [5, 5.41) is 0. The van der Waals surface area contributed by atoms with Gasteiger partial charge in [-0.2, -0.15) is 0 Å². The molecule has 0 heterocycles. The number of hydrogen-bond donors (Lipinski definition) is 0. The Hall–Kier alpha value is -3.47. The Labute approximate surface area is 232 Å². The maximum atomic E-state index is 15.3. The molecule has 0 bridgehead atoms. The summed E-state index contributed by atoms with van der Waals surface area (Å²) in [7, 11) is 2.52. The van der Waals surface area contributed by atoms with Gasteiger partial charge in [0.05, 0.1) is 14.2 Å². The summed E-state index contributed by atoms with van der Waals surface area (Å²) in [4.78, 5) is 24.0. The van der Waals surface area contributed by atoms with E-state index in [4.69, 9.17) is 9.47 Å². The van der Waals surface area contributed by atoms with E-state index < -0.39 is 17.9 Å². The third-order valence-electron chi connectivity index (χ3n) is 7.36. The molecule has 0 unspecified atom stereocenters. The van der Waals surface area contributed by atoms with E-state index >= 15 is 4.39 Å². The third kappa shape index (κ3) is 8.51. The molecule has 0 N–H and O–H groups in total. The first-order valence-corrected chi connectivity index (χ1v) is 14.0. The second kappa shape index (κ2) is 15.2. The average molecular weight is 533 g/mol. The second-order valence-corrected chi connectivity index (χ2v) is 10.1. The highest BCUT2D eigenvalue weighted by molar-refractivity contribution is 5.94. The molecular weight excluding hydrogens is 491 g/mol. The summed E-state index contributed by atoms with van der Waals surface area (Å²) in [5.74, 6) is -2.39. The van der Waals surface area contributed by atoms with Crippen LogP contribution in [-0.2, 0) is 51.2 Å². The lowest BCUT2D eigenvalue weighted by Crippen LogP contribution is -2.27. The number of unbranched alkanes of at least 4 members (excludes halogenated alkanes) is 2. The van der Waals surface area contributed by atoms with Crippen molar-refractivity contribution in [2.75, 3.05) is 14.2 Å². The fraction of sp³-hybridized carbons (Fsp3) is 0.412. The molecule has 0 fully saturated rings. The molecule has 0 aliphatic carbocycles. The number of halogens is 1. The molecule has 0 aliphatic rings. The molecule has 4 nitrogen and oxygen atoms in total. The zero-order valence-corrected chi connectivity index (χ0v) is 23.7. The van der Waals surface area contributed by atoms with Crippen molar-refractivity contribution in [3.05, 3.63) is 94.3 Å². The first kappa shape index (κ1) is 30.1. The molecule has 0 saturated carbocycles. The largest absolute Gasteiger partial charge is 0.468 e. The molecule has 3 aromatic rings. The number of hydrogen-bond acceptors (Lipinski definition) is 4. The summed E-state index contributed by atoms with van der Waals surface area (Å²) >= 11 is 0. The van der Waals surface area contributed by atoms with Crippen molar-refractivity contribution in [1.29, 1.82) is 0 Å². The number of methoxy groups -OCH3 is 2. The topological polar surface area (TPSA) is 52.6 Å². The van der Waals surface area contributed by atoms with Crippen LogP contribution in [0.3, 0.4) is 0 Å². The maximum Gasteiger partial charge on any atom is 0.320 e. The highest BCUT2D eigenvalue weighted by Gasteiger charge is 2.28. The van der Waals surface area contributed by atoms with Crippen molar-refractivity contribution in [2.45, 2.75) is 71.6 Å². The van der Waals surface area contributed by atoms with E-state index in [0.29, 0.717) is 12.0 Å². The Morgan fingerprint density at radius 2 is 1.23 bits per heavy atom. The number of carbonyl (C=O) groups is 2. The fourth-order valence-corrected chi connectivity index (χ4v) is 4.96. The van der Waals surface area contributed by atoms with Crippen molar-refractivity contribution in [3.8, 4) is 11.1 Å². The van der Waals surface area contributed by atoms with Crippen LogP contribution in [0, 0.1) is 11.7 Å². The molecule has 0 aliphatic heterocycles. The summed E-state index contributed by atoms with van der Waals surface area (Å²) in [6.07, 6.45) is 8.04. The van der Waals surface area contributed by atoms with Gasteiger partial charge < -0.3 is 9.47 Å². The van der Waals surface area contributed by atoms with Gasteiger partial charge >= 0.3 is 11.9 Å². The zero-order valence-electron chi connectivity index (χ0n) is 23.7. The van der Waals surface area contributed by atoms with Gasteiger partial charge in [-0.05, 0) is 84.4 Å². The third-order valence-corrected chi connectivity index (χ3v) is 7.36. The number of carbonyl (C=O) groups excluding carboxylic acids is 2. The highest BCUT2D eigenvalue weighted by atomic mass is 19.1. The van der Waals surface area contributed by atoms with E-state index in [0.717, 1.165) is 47.9 Å². The summed E-state index contributed by atoms with van der Waals surface area (Å²) < 4.78 is 24.8. The van der Waals surface area contributed by atoms with Gasteiger partial charge in [0.15, 0.2) is 5.92 Å². The molecule has 3 rings (SSSR count). The zero-order chi connectivity index (χ0) is 28.2. The predicted molar refractivity (Wildman–Crippen MR) is 154 cm³/mol. The van der Waals surface area contributed by atoms with Crippen molar-refractivity contribution in [2.24, 2.45) is 5.92 Å². The summed E-state index contributed by atoms with van der Waals surface area (Å²) in [5.41, 5.74) is 7.07. The summed E-state index contributed by atoms with van der Waals surface area (Å²) in [6, 6.07) is 20.3. The maximum absolute atomic E-state index is 15.3. The number of benzene rings is 3. The Morgan fingerprint density at radius 3 is 1.79 bits per heavy atom. The van der Waals surface area contributed by atoms with E-state index in [1.54, 1.807) is 6.07 Å². The Morgan fingerprint density at radius 1 is 0.692 bits per heavy atom. The van der Waals surface area contributed by atoms with Gasteiger partial charge in [0.1, 0.15) is 5.82 Å².